The van der Waals surface area contributed by atoms with Crippen LogP contribution >= 0.6 is 11.6 Å². The van der Waals surface area contributed by atoms with Gasteiger partial charge in [0.25, 0.3) is 5.91 Å². The summed E-state index contributed by atoms with van der Waals surface area (Å²) in [6.07, 6.45) is 5.59. The highest BCUT2D eigenvalue weighted by molar-refractivity contribution is 7.91. The Morgan fingerprint density at radius 2 is 1.68 bits per heavy atom. The van der Waals surface area contributed by atoms with Crippen molar-refractivity contribution in [2.24, 2.45) is 0 Å². The van der Waals surface area contributed by atoms with E-state index >= 15 is 0 Å². The molecule has 1 unspecified atom stereocenters. The molecule has 1 aliphatic rings. The molecule has 1 atom stereocenters. The topological polar surface area (TPSA) is 88.8 Å². The standard InChI is InChI=1S/C28H33ClN2O5S/c1-2-19-35-23-11-7-21(8-12-23)25(31-17-5-3-4-6-18-31)20-30-28(32)26-15-16-27(36-26)37(33,34)24-13-9-22(29)10-14-24/h7-16,25H,2-6,17-20H2,1H3,(H,30,32). The van der Waals surface area contributed by atoms with Crippen molar-refractivity contribution < 1.29 is 22.4 Å². The van der Waals surface area contributed by atoms with Crippen LogP contribution in [0.15, 0.2) is 75.1 Å². The van der Waals surface area contributed by atoms with E-state index in [1.54, 1.807) is 0 Å². The third-order valence-corrected chi connectivity index (χ3v) is 8.36. The van der Waals surface area contributed by atoms with Gasteiger partial charge in [-0.25, -0.2) is 8.42 Å². The van der Waals surface area contributed by atoms with E-state index in [0.717, 1.165) is 43.7 Å². The van der Waals surface area contributed by atoms with Gasteiger partial charge in [-0.15, -0.1) is 0 Å². The Morgan fingerprint density at radius 3 is 2.32 bits per heavy atom. The highest BCUT2D eigenvalue weighted by Crippen LogP contribution is 2.27. The summed E-state index contributed by atoms with van der Waals surface area (Å²) >= 11 is 5.87. The summed E-state index contributed by atoms with van der Waals surface area (Å²) < 4.78 is 37.0. The molecule has 0 saturated carbocycles. The average molecular weight is 545 g/mol. The van der Waals surface area contributed by atoms with E-state index < -0.39 is 15.7 Å². The highest BCUT2D eigenvalue weighted by atomic mass is 35.5. The zero-order chi connectivity index (χ0) is 26.3. The molecule has 2 aromatic carbocycles. The van der Waals surface area contributed by atoms with Gasteiger partial charge < -0.3 is 14.5 Å². The van der Waals surface area contributed by atoms with E-state index in [9.17, 15) is 13.2 Å². The Morgan fingerprint density at radius 1 is 1.00 bits per heavy atom. The van der Waals surface area contributed by atoms with Gasteiger partial charge in [-0.1, -0.05) is 43.5 Å². The molecule has 9 heteroatoms. The number of furan rings is 1. The van der Waals surface area contributed by atoms with Crippen LogP contribution in [-0.4, -0.2) is 45.5 Å². The molecule has 0 spiro atoms. The molecule has 1 amide bonds. The second kappa shape index (κ2) is 12.6. The molecule has 0 bridgehead atoms. The predicted molar refractivity (Wildman–Crippen MR) is 143 cm³/mol. The number of hydrogen-bond acceptors (Lipinski definition) is 6. The Bertz CT molecular complexity index is 1260. The number of carbonyl (C=O) groups excluding carboxylic acids is 1. The second-order valence-electron chi connectivity index (χ2n) is 9.17. The fourth-order valence-electron chi connectivity index (χ4n) is 4.46. The van der Waals surface area contributed by atoms with Gasteiger partial charge in [0.1, 0.15) is 5.75 Å². The largest absolute Gasteiger partial charge is 0.494 e. The third-order valence-electron chi connectivity index (χ3n) is 6.47. The number of hydrogen-bond donors (Lipinski definition) is 1. The lowest BCUT2D eigenvalue weighted by molar-refractivity contribution is 0.0900. The van der Waals surface area contributed by atoms with E-state index in [4.69, 9.17) is 20.8 Å². The molecule has 0 radical (unpaired) electrons. The van der Waals surface area contributed by atoms with Gasteiger partial charge in [0.05, 0.1) is 17.5 Å². The van der Waals surface area contributed by atoms with Crippen LogP contribution in [0, 0.1) is 0 Å². The van der Waals surface area contributed by atoms with Crippen LogP contribution in [0.2, 0.25) is 5.02 Å². The van der Waals surface area contributed by atoms with Gasteiger partial charge in [0.2, 0.25) is 14.9 Å². The molecule has 3 aromatic rings. The highest BCUT2D eigenvalue weighted by Gasteiger charge is 2.26. The molecule has 0 aliphatic carbocycles. The number of nitrogens with zero attached hydrogens (tertiary/aromatic N) is 1. The van der Waals surface area contributed by atoms with Crippen molar-refractivity contribution in [2.45, 2.75) is 55.1 Å². The monoisotopic (exact) mass is 544 g/mol. The van der Waals surface area contributed by atoms with Crippen LogP contribution in [0.5, 0.6) is 5.75 Å². The molecule has 1 aliphatic heterocycles. The van der Waals surface area contributed by atoms with Crippen molar-refractivity contribution in [3.05, 3.63) is 77.0 Å². The van der Waals surface area contributed by atoms with Gasteiger partial charge >= 0.3 is 0 Å². The summed E-state index contributed by atoms with van der Waals surface area (Å²) in [6.45, 7) is 5.02. The summed E-state index contributed by atoms with van der Waals surface area (Å²) in [4.78, 5) is 15.4. The summed E-state index contributed by atoms with van der Waals surface area (Å²) in [5.41, 5.74) is 1.09. The van der Waals surface area contributed by atoms with E-state index in [1.807, 2.05) is 12.1 Å². The van der Waals surface area contributed by atoms with Crippen molar-refractivity contribution in [2.75, 3.05) is 26.2 Å². The number of rotatable bonds is 10. The first-order valence-electron chi connectivity index (χ1n) is 12.7. The summed E-state index contributed by atoms with van der Waals surface area (Å²) in [5, 5.41) is 3.10. The fourth-order valence-corrected chi connectivity index (χ4v) is 5.76. The normalized spacial score (nSPS) is 15.6. The first-order valence-corrected chi connectivity index (χ1v) is 14.6. The van der Waals surface area contributed by atoms with E-state index in [1.165, 1.54) is 49.2 Å². The predicted octanol–water partition coefficient (Wildman–Crippen LogP) is 5.90. The fraction of sp³-hybridized carbons (Fsp3) is 0.393. The van der Waals surface area contributed by atoms with E-state index in [2.05, 4.69) is 29.3 Å². The molecule has 7 nitrogen and oxygen atoms in total. The summed E-state index contributed by atoms with van der Waals surface area (Å²) in [6, 6.07) is 16.5. The van der Waals surface area contributed by atoms with Gasteiger partial charge in [0.15, 0.2) is 5.76 Å². The molecule has 37 heavy (non-hydrogen) atoms. The Balaban J connectivity index is 1.48. The quantitative estimate of drug-likeness (QED) is 0.342. The molecule has 2 heterocycles. The lowest BCUT2D eigenvalue weighted by Gasteiger charge is -2.31. The number of halogens is 1. The number of amides is 1. The van der Waals surface area contributed by atoms with E-state index in [0.29, 0.717) is 18.2 Å². The van der Waals surface area contributed by atoms with Crippen molar-refractivity contribution in [3.8, 4) is 5.75 Å². The molecule has 1 N–H and O–H groups in total. The molecule has 1 fully saturated rings. The number of sulfone groups is 1. The minimum absolute atomic E-state index is 0.0190. The van der Waals surface area contributed by atoms with E-state index in [-0.39, 0.29) is 21.8 Å². The van der Waals surface area contributed by atoms with Gasteiger partial charge in [-0.2, -0.15) is 0 Å². The van der Waals surface area contributed by atoms with Gasteiger partial charge in [0, 0.05) is 11.6 Å². The lowest BCUT2D eigenvalue weighted by Crippen LogP contribution is -2.38. The third kappa shape index (κ3) is 6.94. The SMILES string of the molecule is CCCOc1ccc(C(CNC(=O)c2ccc(S(=O)(=O)c3ccc(Cl)cc3)o2)N2CCCCCC2)cc1. The number of nitrogens with one attached hydrogen (secondary N) is 1. The van der Waals surface area contributed by atoms with Crippen LogP contribution in [0.3, 0.4) is 0 Å². The maximum Gasteiger partial charge on any atom is 0.287 e. The molecule has 198 valence electrons. The molecule has 1 saturated heterocycles. The molecule has 1 aromatic heterocycles. The first-order chi connectivity index (χ1) is 17.9. The Kier molecular flexibility index (Phi) is 9.29. The zero-order valence-corrected chi connectivity index (χ0v) is 22.6. The lowest BCUT2D eigenvalue weighted by atomic mass is 10.0. The average Bonchev–Trinajstić information content (AvgIpc) is 3.27. The summed E-state index contributed by atoms with van der Waals surface area (Å²) in [7, 11) is -3.90. The van der Waals surface area contributed by atoms with Gasteiger partial charge in [-0.3, -0.25) is 9.69 Å². The van der Waals surface area contributed by atoms with Crippen LogP contribution < -0.4 is 10.1 Å². The van der Waals surface area contributed by atoms with Gasteiger partial charge in [-0.05, 0) is 86.4 Å². The summed E-state index contributed by atoms with van der Waals surface area (Å²) in [5.74, 6) is 0.319. The van der Waals surface area contributed by atoms with Crippen molar-refractivity contribution in [1.29, 1.82) is 0 Å². The van der Waals surface area contributed by atoms with Crippen LogP contribution in [0.25, 0.3) is 0 Å². The number of benzene rings is 2. The first kappa shape index (κ1) is 27.2. The molecule has 4 rings (SSSR count). The van der Waals surface area contributed by atoms with Crippen molar-refractivity contribution >= 4 is 27.3 Å². The van der Waals surface area contributed by atoms with Crippen LogP contribution in [0.1, 0.15) is 61.2 Å². The smallest absolute Gasteiger partial charge is 0.287 e. The minimum atomic E-state index is -3.90. The Hall–Kier alpha value is -2.81. The maximum atomic E-state index is 13.0. The van der Waals surface area contributed by atoms with Crippen molar-refractivity contribution in [1.82, 2.24) is 10.2 Å². The minimum Gasteiger partial charge on any atom is -0.494 e. The molecular formula is C28H33ClN2O5S. The maximum absolute atomic E-state index is 13.0. The van der Waals surface area contributed by atoms with Crippen LogP contribution in [0.4, 0.5) is 0 Å². The number of ether oxygens (including phenoxy) is 1. The number of carbonyl (C=O) groups is 1. The Labute approximate surface area is 223 Å². The van der Waals surface area contributed by atoms with Crippen LogP contribution in [-0.2, 0) is 9.84 Å². The van der Waals surface area contributed by atoms with Crippen molar-refractivity contribution in [3.63, 3.8) is 0 Å². The second-order valence-corrected chi connectivity index (χ2v) is 11.5. The number of likely N-dealkylation sites (tertiary alicyclic amines) is 1. The molecular weight excluding hydrogens is 512 g/mol. The zero-order valence-electron chi connectivity index (χ0n) is 21.0.